The number of carbonyl (C=O) groups excluding carboxylic acids is 3. The lowest BCUT2D eigenvalue weighted by Crippen LogP contribution is -2.39. The highest BCUT2D eigenvalue weighted by molar-refractivity contribution is 6.35. The van der Waals surface area contributed by atoms with Crippen molar-refractivity contribution in [3.05, 3.63) is 35.5 Å². The number of rotatable bonds is 13. The van der Waals surface area contributed by atoms with Crippen LogP contribution in [0.2, 0.25) is 0 Å². The molecular formula is C23H33N3O6. The van der Waals surface area contributed by atoms with Crippen molar-refractivity contribution in [1.29, 1.82) is 0 Å². The molecule has 1 aliphatic heterocycles. The fourth-order valence-corrected chi connectivity index (χ4v) is 3.36. The van der Waals surface area contributed by atoms with Crippen molar-refractivity contribution in [2.45, 2.75) is 26.9 Å². The Kier molecular flexibility index (Phi) is 9.83. The Bertz CT molecular complexity index is 827. The van der Waals surface area contributed by atoms with Gasteiger partial charge in [-0.2, -0.15) is 0 Å². The standard InChI is InChI=1S/C23H33N3O6/c1-16(2)32-15-12-26-22(28)20(18-6-8-19(9-7-18)24-17(3)27)21(23(26)29)25(10-13-30-4)11-14-31-5/h6-9,16H,10-15H2,1-5H3,(H,24,27). The highest BCUT2D eigenvalue weighted by Crippen LogP contribution is 2.32. The predicted molar refractivity (Wildman–Crippen MR) is 121 cm³/mol. The molecular weight excluding hydrogens is 414 g/mol. The van der Waals surface area contributed by atoms with Crippen LogP contribution in [0.1, 0.15) is 26.3 Å². The summed E-state index contributed by atoms with van der Waals surface area (Å²) in [5.74, 6) is -0.925. The Hall–Kier alpha value is -2.75. The van der Waals surface area contributed by atoms with Gasteiger partial charge in [-0.25, -0.2) is 0 Å². The van der Waals surface area contributed by atoms with Crippen LogP contribution in [0.3, 0.4) is 0 Å². The van der Waals surface area contributed by atoms with Gasteiger partial charge in [-0.05, 0) is 31.5 Å². The zero-order valence-corrected chi connectivity index (χ0v) is 19.5. The van der Waals surface area contributed by atoms with E-state index in [0.29, 0.717) is 48.8 Å². The minimum Gasteiger partial charge on any atom is -0.383 e. The Morgan fingerprint density at radius 1 is 1.00 bits per heavy atom. The van der Waals surface area contributed by atoms with E-state index in [1.54, 1.807) is 38.5 Å². The number of benzene rings is 1. The zero-order chi connectivity index (χ0) is 23.7. The number of anilines is 1. The molecule has 9 nitrogen and oxygen atoms in total. The van der Waals surface area contributed by atoms with E-state index in [2.05, 4.69) is 5.32 Å². The monoisotopic (exact) mass is 447 g/mol. The van der Waals surface area contributed by atoms with Crippen molar-refractivity contribution in [1.82, 2.24) is 9.80 Å². The number of nitrogens with zero attached hydrogens (tertiary/aromatic N) is 2. The maximum Gasteiger partial charge on any atom is 0.277 e. The van der Waals surface area contributed by atoms with Crippen LogP contribution in [0, 0.1) is 0 Å². The van der Waals surface area contributed by atoms with Crippen molar-refractivity contribution in [3.63, 3.8) is 0 Å². The molecule has 1 N–H and O–H groups in total. The zero-order valence-electron chi connectivity index (χ0n) is 19.5. The van der Waals surface area contributed by atoms with Gasteiger partial charge in [0.1, 0.15) is 5.70 Å². The number of amides is 3. The average molecular weight is 448 g/mol. The topological polar surface area (TPSA) is 97.4 Å². The van der Waals surface area contributed by atoms with Crippen LogP contribution in [0.25, 0.3) is 5.57 Å². The van der Waals surface area contributed by atoms with E-state index in [0.717, 1.165) is 0 Å². The van der Waals surface area contributed by atoms with Crippen LogP contribution < -0.4 is 5.32 Å². The second kappa shape index (κ2) is 12.3. The van der Waals surface area contributed by atoms with Crippen molar-refractivity contribution in [3.8, 4) is 0 Å². The van der Waals surface area contributed by atoms with Crippen LogP contribution in [0.5, 0.6) is 0 Å². The molecule has 0 aliphatic carbocycles. The van der Waals surface area contributed by atoms with E-state index in [1.807, 2.05) is 18.7 Å². The first kappa shape index (κ1) is 25.5. The van der Waals surface area contributed by atoms with Gasteiger partial charge >= 0.3 is 0 Å². The largest absolute Gasteiger partial charge is 0.383 e. The molecule has 176 valence electrons. The normalized spacial score (nSPS) is 14.0. The summed E-state index contributed by atoms with van der Waals surface area (Å²) in [4.78, 5) is 41.1. The maximum atomic E-state index is 13.4. The lowest BCUT2D eigenvalue weighted by atomic mass is 10.0. The summed E-state index contributed by atoms with van der Waals surface area (Å²) in [6, 6.07) is 6.87. The predicted octanol–water partition coefficient (Wildman–Crippen LogP) is 1.74. The summed E-state index contributed by atoms with van der Waals surface area (Å²) in [7, 11) is 3.17. The lowest BCUT2D eigenvalue weighted by Gasteiger charge is -2.25. The molecule has 9 heteroatoms. The van der Waals surface area contributed by atoms with Gasteiger partial charge in [0.15, 0.2) is 0 Å². The summed E-state index contributed by atoms with van der Waals surface area (Å²) in [5, 5.41) is 2.70. The van der Waals surface area contributed by atoms with E-state index in [9.17, 15) is 14.4 Å². The molecule has 1 aromatic rings. The fraction of sp³-hybridized carbons (Fsp3) is 0.522. The molecule has 0 radical (unpaired) electrons. The van der Waals surface area contributed by atoms with Gasteiger partial charge in [-0.3, -0.25) is 19.3 Å². The van der Waals surface area contributed by atoms with Gasteiger partial charge in [-0.15, -0.1) is 0 Å². The molecule has 1 heterocycles. The molecule has 32 heavy (non-hydrogen) atoms. The number of ether oxygens (including phenoxy) is 3. The molecule has 0 fully saturated rings. The van der Waals surface area contributed by atoms with Gasteiger partial charge in [0.2, 0.25) is 5.91 Å². The van der Waals surface area contributed by atoms with Crippen LogP contribution >= 0.6 is 0 Å². The lowest BCUT2D eigenvalue weighted by molar-refractivity contribution is -0.138. The van der Waals surface area contributed by atoms with E-state index in [-0.39, 0.29) is 37.0 Å². The van der Waals surface area contributed by atoms with Gasteiger partial charge < -0.3 is 24.4 Å². The van der Waals surface area contributed by atoms with Gasteiger partial charge in [-0.1, -0.05) is 12.1 Å². The third kappa shape index (κ3) is 6.62. The van der Waals surface area contributed by atoms with Crippen molar-refractivity contribution in [2.75, 3.05) is 59.0 Å². The van der Waals surface area contributed by atoms with Crippen molar-refractivity contribution in [2.24, 2.45) is 0 Å². The van der Waals surface area contributed by atoms with E-state index < -0.39 is 0 Å². The Labute approximate surface area is 189 Å². The average Bonchev–Trinajstić information content (AvgIpc) is 2.98. The summed E-state index contributed by atoms with van der Waals surface area (Å²) in [6.07, 6.45) is -0.00377. The first-order valence-corrected chi connectivity index (χ1v) is 10.6. The molecule has 0 atom stereocenters. The van der Waals surface area contributed by atoms with Gasteiger partial charge in [0, 0.05) is 39.9 Å². The highest BCUT2D eigenvalue weighted by atomic mass is 16.5. The number of methoxy groups -OCH3 is 2. The third-order valence-corrected chi connectivity index (χ3v) is 4.85. The minimum absolute atomic E-state index is 0.00377. The van der Waals surface area contributed by atoms with Crippen LogP contribution in [0.15, 0.2) is 30.0 Å². The summed E-state index contributed by atoms with van der Waals surface area (Å²) in [6.45, 7) is 7.28. The third-order valence-electron chi connectivity index (χ3n) is 4.85. The molecule has 0 unspecified atom stereocenters. The number of carbonyl (C=O) groups is 3. The fourth-order valence-electron chi connectivity index (χ4n) is 3.36. The Morgan fingerprint density at radius 3 is 2.09 bits per heavy atom. The molecule has 0 aromatic heterocycles. The molecule has 0 spiro atoms. The van der Waals surface area contributed by atoms with Crippen LogP contribution in [0.4, 0.5) is 5.69 Å². The number of hydrogen-bond acceptors (Lipinski definition) is 7. The molecule has 3 amide bonds. The first-order valence-electron chi connectivity index (χ1n) is 10.6. The second-order valence-electron chi connectivity index (χ2n) is 7.64. The molecule has 0 saturated carbocycles. The van der Waals surface area contributed by atoms with E-state index in [4.69, 9.17) is 14.2 Å². The van der Waals surface area contributed by atoms with Gasteiger partial charge in [0.25, 0.3) is 11.8 Å². The smallest absolute Gasteiger partial charge is 0.277 e. The van der Waals surface area contributed by atoms with Gasteiger partial charge in [0.05, 0.1) is 38.0 Å². The second-order valence-corrected chi connectivity index (χ2v) is 7.64. The quantitative estimate of drug-likeness (QED) is 0.460. The Balaban J connectivity index is 2.44. The Morgan fingerprint density at radius 2 is 1.59 bits per heavy atom. The first-order chi connectivity index (χ1) is 15.3. The maximum absolute atomic E-state index is 13.4. The number of imide groups is 1. The van der Waals surface area contributed by atoms with Crippen LogP contribution in [-0.4, -0.2) is 87.3 Å². The van der Waals surface area contributed by atoms with Crippen molar-refractivity contribution >= 4 is 29.0 Å². The SMILES string of the molecule is COCCN(CCOC)C1=C(c2ccc(NC(C)=O)cc2)C(=O)N(CCOC(C)C)C1=O. The van der Waals surface area contributed by atoms with Crippen molar-refractivity contribution < 1.29 is 28.6 Å². The van der Waals surface area contributed by atoms with E-state index >= 15 is 0 Å². The summed E-state index contributed by atoms with van der Waals surface area (Å²) in [5.41, 5.74) is 1.85. The number of nitrogens with one attached hydrogen (secondary N) is 1. The van der Waals surface area contributed by atoms with E-state index in [1.165, 1.54) is 11.8 Å². The molecule has 1 aliphatic rings. The summed E-state index contributed by atoms with van der Waals surface area (Å²) < 4.78 is 16.0. The number of hydrogen-bond donors (Lipinski definition) is 1. The molecule has 0 saturated heterocycles. The molecule has 2 rings (SSSR count). The highest BCUT2D eigenvalue weighted by Gasteiger charge is 2.41. The molecule has 0 bridgehead atoms. The molecule has 1 aromatic carbocycles. The summed E-state index contributed by atoms with van der Waals surface area (Å²) >= 11 is 0. The minimum atomic E-state index is -0.371. The van der Waals surface area contributed by atoms with Crippen LogP contribution in [-0.2, 0) is 28.6 Å².